The summed E-state index contributed by atoms with van der Waals surface area (Å²) >= 11 is 13.9. The number of anilines is 1. The zero-order chi connectivity index (χ0) is 16.5. The largest absolute Gasteiger partial charge is 0.358 e. The molecule has 2 N–H and O–H groups in total. The second kappa shape index (κ2) is 6.35. The summed E-state index contributed by atoms with van der Waals surface area (Å²) in [4.78, 5) is 4.16. The SMILES string of the molecule is Clc1ccc(NSc2cccc(-n3cnnn3)c2)c2[nH]cc(Cl)c12. The van der Waals surface area contributed by atoms with E-state index in [-0.39, 0.29) is 0 Å². The van der Waals surface area contributed by atoms with Gasteiger partial charge in [-0.1, -0.05) is 29.3 Å². The van der Waals surface area contributed by atoms with Crippen LogP contribution >= 0.6 is 35.1 Å². The molecule has 0 aliphatic rings. The average molecular weight is 377 g/mol. The van der Waals surface area contributed by atoms with E-state index >= 15 is 0 Å². The molecule has 6 nitrogen and oxygen atoms in total. The third-order valence-corrected chi connectivity index (χ3v) is 4.87. The minimum absolute atomic E-state index is 0.601. The Kier molecular flexibility index (Phi) is 4.05. The molecule has 0 saturated heterocycles. The fourth-order valence-corrected chi connectivity index (χ4v) is 3.62. The Morgan fingerprint density at radius 3 is 2.88 bits per heavy atom. The number of H-pyrrole nitrogens is 1. The predicted molar refractivity (Wildman–Crippen MR) is 97.0 cm³/mol. The van der Waals surface area contributed by atoms with Crippen molar-refractivity contribution in [3.8, 4) is 5.69 Å². The highest BCUT2D eigenvalue weighted by atomic mass is 35.5. The lowest BCUT2D eigenvalue weighted by atomic mass is 10.2. The van der Waals surface area contributed by atoms with Crippen LogP contribution in [0.5, 0.6) is 0 Å². The summed E-state index contributed by atoms with van der Waals surface area (Å²) in [7, 11) is 0. The lowest BCUT2D eigenvalue weighted by Crippen LogP contribution is -1.95. The van der Waals surface area contributed by atoms with Gasteiger partial charge in [0.15, 0.2) is 0 Å². The van der Waals surface area contributed by atoms with Crippen LogP contribution in [-0.2, 0) is 0 Å². The highest BCUT2D eigenvalue weighted by Crippen LogP contribution is 2.36. The standard InChI is InChI=1S/C15H10Cl2N6S/c16-11-4-5-13(15-14(11)12(17)7-18-15)20-24-10-3-1-2-9(6-10)23-8-19-21-22-23/h1-8,18,20H. The molecule has 0 fully saturated rings. The topological polar surface area (TPSA) is 71.4 Å². The summed E-state index contributed by atoms with van der Waals surface area (Å²) < 4.78 is 4.93. The van der Waals surface area contributed by atoms with Crippen molar-refractivity contribution in [2.24, 2.45) is 0 Å². The van der Waals surface area contributed by atoms with E-state index < -0.39 is 0 Å². The highest BCUT2D eigenvalue weighted by Gasteiger charge is 2.10. The molecular weight excluding hydrogens is 367 g/mol. The van der Waals surface area contributed by atoms with Crippen molar-refractivity contribution >= 4 is 51.7 Å². The molecule has 2 aromatic heterocycles. The highest BCUT2D eigenvalue weighted by molar-refractivity contribution is 8.00. The predicted octanol–water partition coefficient (Wildman–Crippen LogP) is 4.57. The third kappa shape index (κ3) is 2.82. The van der Waals surface area contributed by atoms with E-state index in [1.165, 1.54) is 11.9 Å². The summed E-state index contributed by atoms with van der Waals surface area (Å²) in [5.74, 6) is 0. The number of rotatable bonds is 4. The molecule has 0 radical (unpaired) electrons. The molecule has 0 bridgehead atoms. The fourth-order valence-electron chi connectivity index (χ4n) is 2.34. The van der Waals surface area contributed by atoms with E-state index in [2.05, 4.69) is 25.2 Å². The van der Waals surface area contributed by atoms with Gasteiger partial charge in [-0.3, -0.25) is 0 Å². The molecular formula is C15H10Cl2N6S. The average Bonchev–Trinajstić information content (AvgIpc) is 3.25. The molecule has 24 heavy (non-hydrogen) atoms. The molecule has 0 saturated carbocycles. The van der Waals surface area contributed by atoms with E-state index in [0.717, 1.165) is 27.2 Å². The van der Waals surface area contributed by atoms with Gasteiger partial charge in [0.1, 0.15) is 6.33 Å². The number of aromatic nitrogens is 5. The summed E-state index contributed by atoms with van der Waals surface area (Å²) in [5, 5.41) is 13.2. The van der Waals surface area contributed by atoms with Crippen LogP contribution in [0, 0.1) is 0 Å². The van der Waals surface area contributed by atoms with E-state index in [1.54, 1.807) is 17.2 Å². The maximum atomic E-state index is 6.21. The monoisotopic (exact) mass is 376 g/mol. The third-order valence-electron chi connectivity index (χ3n) is 3.45. The van der Waals surface area contributed by atoms with Crippen LogP contribution < -0.4 is 4.72 Å². The maximum Gasteiger partial charge on any atom is 0.143 e. The van der Waals surface area contributed by atoms with Crippen LogP contribution in [0.4, 0.5) is 5.69 Å². The Balaban J connectivity index is 1.60. The second-order valence-corrected chi connectivity index (χ2v) is 6.63. The van der Waals surface area contributed by atoms with Crippen LogP contribution in [-0.4, -0.2) is 25.2 Å². The van der Waals surface area contributed by atoms with Gasteiger partial charge in [-0.2, -0.15) is 0 Å². The second-order valence-electron chi connectivity index (χ2n) is 4.94. The number of nitrogens with zero attached hydrogens (tertiary/aromatic N) is 4. The van der Waals surface area contributed by atoms with Gasteiger partial charge in [0.2, 0.25) is 0 Å². The van der Waals surface area contributed by atoms with Crippen molar-refractivity contribution < 1.29 is 0 Å². The number of benzene rings is 2. The van der Waals surface area contributed by atoms with Crippen LogP contribution in [0.25, 0.3) is 16.6 Å². The molecule has 4 aromatic rings. The number of hydrogen-bond donors (Lipinski definition) is 2. The van der Waals surface area contributed by atoms with Gasteiger partial charge in [-0.15, -0.1) is 5.10 Å². The fraction of sp³-hybridized carbons (Fsp3) is 0. The number of nitrogens with one attached hydrogen (secondary N) is 2. The Morgan fingerprint density at radius 2 is 2.04 bits per heavy atom. The summed E-state index contributed by atoms with van der Waals surface area (Å²) in [6, 6.07) is 11.6. The van der Waals surface area contributed by atoms with E-state index in [9.17, 15) is 0 Å². The minimum Gasteiger partial charge on any atom is -0.358 e. The molecule has 0 amide bonds. The summed E-state index contributed by atoms with van der Waals surface area (Å²) in [5.41, 5.74) is 2.66. The zero-order valence-corrected chi connectivity index (χ0v) is 14.4. The normalized spacial score (nSPS) is 11.1. The van der Waals surface area contributed by atoms with Crippen molar-refractivity contribution in [1.82, 2.24) is 25.2 Å². The van der Waals surface area contributed by atoms with Crippen molar-refractivity contribution in [3.63, 3.8) is 0 Å². The van der Waals surface area contributed by atoms with E-state index in [1.807, 2.05) is 36.4 Å². The molecule has 0 aliphatic carbocycles. The Labute approximate surface area is 151 Å². The smallest absolute Gasteiger partial charge is 0.143 e. The molecule has 0 unspecified atom stereocenters. The van der Waals surface area contributed by atoms with Gasteiger partial charge < -0.3 is 9.71 Å². The van der Waals surface area contributed by atoms with E-state index in [4.69, 9.17) is 23.2 Å². The first kappa shape index (κ1) is 15.3. The van der Waals surface area contributed by atoms with Crippen LogP contribution in [0.3, 0.4) is 0 Å². The number of halogens is 2. The minimum atomic E-state index is 0.601. The lowest BCUT2D eigenvalue weighted by molar-refractivity contribution is 0.787. The van der Waals surface area contributed by atoms with Gasteiger partial charge in [0.25, 0.3) is 0 Å². The molecule has 0 atom stereocenters. The van der Waals surface area contributed by atoms with Crippen LogP contribution in [0.1, 0.15) is 0 Å². The van der Waals surface area contributed by atoms with Crippen molar-refractivity contribution in [3.05, 3.63) is 59.0 Å². The summed E-state index contributed by atoms with van der Waals surface area (Å²) in [6.45, 7) is 0. The Hall–Kier alpha value is -2.22. The van der Waals surface area contributed by atoms with Gasteiger partial charge in [0.05, 0.1) is 26.9 Å². The van der Waals surface area contributed by atoms with Crippen LogP contribution in [0.2, 0.25) is 10.0 Å². The van der Waals surface area contributed by atoms with Crippen molar-refractivity contribution in [2.75, 3.05) is 4.72 Å². The molecule has 0 spiro atoms. The first-order valence-corrected chi connectivity index (χ1v) is 8.51. The number of fused-ring (bicyclic) bond motifs is 1. The Morgan fingerprint density at radius 1 is 1.12 bits per heavy atom. The molecule has 4 rings (SSSR count). The number of hydrogen-bond acceptors (Lipinski definition) is 5. The van der Waals surface area contributed by atoms with Crippen molar-refractivity contribution in [2.45, 2.75) is 4.90 Å². The first-order valence-electron chi connectivity index (χ1n) is 6.94. The zero-order valence-electron chi connectivity index (χ0n) is 12.1. The van der Waals surface area contributed by atoms with Crippen LogP contribution in [0.15, 0.2) is 53.8 Å². The van der Waals surface area contributed by atoms with Crippen molar-refractivity contribution in [1.29, 1.82) is 0 Å². The number of aromatic amines is 1. The molecule has 9 heteroatoms. The lowest BCUT2D eigenvalue weighted by Gasteiger charge is -2.09. The van der Waals surface area contributed by atoms with Gasteiger partial charge >= 0.3 is 0 Å². The molecule has 2 heterocycles. The van der Waals surface area contributed by atoms with Gasteiger partial charge in [-0.25, -0.2) is 4.68 Å². The summed E-state index contributed by atoms with van der Waals surface area (Å²) in [6.07, 6.45) is 3.28. The van der Waals surface area contributed by atoms with Gasteiger partial charge in [0, 0.05) is 16.5 Å². The Bertz CT molecular complexity index is 999. The maximum absolute atomic E-state index is 6.21. The quantitative estimate of drug-likeness (QED) is 0.510. The molecule has 2 aromatic carbocycles. The van der Waals surface area contributed by atoms with Gasteiger partial charge in [-0.05, 0) is 52.7 Å². The number of tetrazole rings is 1. The molecule has 120 valence electrons. The molecule has 0 aliphatic heterocycles. The van der Waals surface area contributed by atoms with E-state index in [0.29, 0.717) is 10.0 Å². The first-order chi connectivity index (χ1) is 11.7.